The van der Waals surface area contributed by atoms with Gasteiger partial charge in [-0.2, -0.15) is 0 Å². The number of nitrogens with two attached hydrogens (primary N) is 1. The Balaban J connectivity index is 2.19. The monoisotopic (exact) mass is 316 g/mol. The lowest BCUT2D eigenvalue weighted by molar-refractivity contribution is -0.117. The first-order valence-corrected chi connectivity index (χ1v) is 8.87. The van der Waals surface area contributed by atoms with Crippen molar-refractivity contribution in [3.8, 4) is 9.88 Å². The molecule has 1 unspecified atom stereocenters. The molecule has 2 heterocycles. The Kier molecular flexibility index (Phi) is 4.02. The number of hydrogen-bond donors (Lipinski definition) is 1. The third-order valence-electron chi connectivity index (χ3n) is 2.57. The number of hydrogen-bond acceptors (Lipinski definition) is 6. The number of rotatable bonds is 5. The Morgan fingerprint density at radius 1 is 1.47 bits per heavy atom. The van der Waals surface area contributed by atoms with Crippen LogP contribution >= 0.6 is 22.7 Å². The van der Waals surface area contributed by atoms with Crippen molar-refractivity contribution in [1.29, 1.82) is 0 Å². The minimum atomic E-state index is -3.60. The van der Waals surface area contributed by atoms with Crippen LogP contribution in [0.2, 0.25) is 0 Å². The van der Waals surface area contributed by atoms with E-state index in [-0.39, 0.29) is 5.75 Å². The van der Waals surface area contributed by atoms with Crippen LogP contribution in [0.1, 0.15) is 12.6 Å². The molecule has 0 radical (unpaired) electrons. The fraction of sp³-hybridized carbons (Fsp3) is 0.273. The number of nitrogens with zero attached hydrogens (tertiary/aromatic N) is 1. The zero-order valence-corrected chi connectivity index (χ0v) is 12.5. The lowest BCUT2D eigenvalue weighted by atomic mass is 10.5. The third kappa shape index (κ3) is 3.20. The summed E-state index contributed by atoms with van der Waals surface area (Å²) in [6, 6.07) is 3.83. The number of sulfone groups is 1. The zero-order chi connectivity index (χ0) is 14.0. The minimum Gasteiger partial charge on any atom is -0.369 e. The molecule has 19 heavy (non-hydrogen) atoms. The SMILES string of the molecule is CC(C(N)=O)S(=O)(=O)Cc1csc(-c2cccs2)n1. The Morgan fingerprint density at radius 3 is 2.79 bits per heavy atom. The van der Waals surface area contributed by atoms with Crippen LogP contribution in [0.5, 0.6) is 0 Å². The molecule has 0 saturated heterocycles. The van der Waals surface area contributed by atoms with Gasteiger partial charge < -0.3 is 5.73 Å². The van der Waals surface area contributed by atoms with Gasteiger partial charge in [-0.05, 0) is 18.4 Å². The van der Waals surface area contributed by atoms with Crippen molar-refractivity contribution in [3.63, 3.8) is 0 Å². The van der Waals surface area contributed by atoms with Crippen molar-refractivity contribution in [2.24, 2.45) is 5.73 Å². The zero-order valence-electron chi connectivity index (χ0n) is 10.1. The minimum absolute atomic E-state index is 0.265. The van der Waals surface area contributed by atoms with Gasteiger partial charge in [-0.3, -0.25) is 4.79 Å². The molecule has 1 atom stereocenters. The van der Waals surface area contributed by atoms with E-state index in [0.29, 0.717) is 5.69 Å². The molecular formula is C11H12N2O3S3. The smallest absolute Gasteiger partial charge is 0.235 e. The second-order valence-electron chi connectivity index (χ2n) is 3.97. The molecule has 0 aromatic carbocycles. The molecule has 0 fully saturated rings. The van der Waals surface area contributed by atoms with Crippen molar-refractivity contribution in [2.75, 3.05) is 0 Å². The van der Waals surface area contributed by atoms with Gasteiger partial charge in [0.25, 0.3) is 0 Å². The van der Waals surface area contributed by atoms with E-state index < -0.39 is 21.0 Å². The van der Waals surface area contributed by atoms with Gasteiger partial charge in [0.2, 0.25) is 5.91 Å². The number of primary amides is 1. The predicted molar refractivity (Wildman–Crippen MR) is 76.7 cm³/mol. The molecule has 0 bridgehead atoms. The molecule has 2 aromatic rings. The van der Waals surface area contributed by atoms with Crippen LogP contribution in [0.4, 0.5) is 0 Å². The molecule has 0 saturated carbocycles. The lowest BCUT2D eigenvalue weighted by Gasteiger charge is -2.07. The van der Waals surface area contributed by atoms with Crippen LogP contribution in [-0.4, -0.2) is 24.6 Å². The molecule has 0 aliphatic rings. The molecular weight excluding hydrogens is 304 g/mol. The van der Waals surface area contributed by atoms with Crippen molar-refractivity contribution < 1.29 is 13.2 Å². The molecule has 2 rings (SSSR count). The van der Waals surface area contributed by atoms with Crippen LogP contribution in [-0.2, 0) is 20.4 Å². The summed E-state index contributed by atoms with van der Waals surface area (Å²) in [5, 5.41) is 3.22. The fourth-order valence-corrected chi connectivity index (χ4v) is 4.30. The van der Waals surface area contributed by atoms with E-state index >= 15 is 0 Å². The van der Waals surface area contributed by atoms with Crippen molar-refractivity contribution in [2.45, 2.75) is 17.9 Å². The van der Waals surface area contributed by atoms with E-state index in [2.05, 4.69) is 4.98 Å². The summed E-state index contributed by atoms with van der Waals surface area (Å²) in [4.78, 5) is 16.2. The van der Waals surface area contributed by atoms with Crippen LogP contribution in [0.15, 0.2) is 22.9 Å². The normalized spacial score (nSPS) is 13.3. The van der Waals surface area contributed by atoms with E-state index in [1.54, 1.807) is 16.7 Å². The number of aromatic nitrogens is 1. The van der Waals surface area contributed by atoms with Gasteiger partial charge in [-0.1, -0.05) is 6.07 Å². The van der Waals surface area contributed by atoms with Gasteiger partial charge >= 0.3 is 0 Å². The first-order valence-electron chi connectivity index (χ1n) is 5.39. The number of thiazole rings is 1. The van der Waals surface area contributed by atoms with E-state index in [1.165, 1.54) is 18.3 Å². The molecule has 102 valence electrons. The average molecular weight is 316 g/mol. The van der Waals surface area contributed by atoms with E-state index in [0.717, 1.165) is 9.88 Å². The van der Waals surface area contributed by atoms with E-state index in [1.807, 2.05) is 17.5 Å². The maximum absolute atomic E-state index is 11.9. The van der Waals surface area contributed by atoms with E-state index in [4.69, 9.17) is 5.73 Å². The number of amides is 1. The quantitative estimate of drug-likeness (QED) is 0.908. The molecule has 8 heteroatoms. The first kappa shape index (κ1) is 14.2. The van der Waals surface area contributed by atoms with Crippen molar-refractivity contribution in [1.82, 2.24) is 4.98 Å². The van der Waals surface area contributed by atoms with Crippen LogP contribution in [0.3, 0.4) is 0 Å². The summed E-state index contributed by atoms with van der Waals surface area (Å²) < 4.78 is 23.8. The summed E-state index contributed by atoms with van der Waals surface area (Å²) in [6.07, 6.45) is 0. The summed E-state index contributed by atoms with van der Waals surface area (Å²) in [5.74, 6) is -1.10. The third-order valence-corrected chi connectivity index (χ3v) is 6.51. The molecule has 0 aliphatic carbocycles. The van der Waals surface area contributed by atoms with Gasteiger partial charge in [0, 0.05) is 5.38 Å². The molecule has 2 aromatic heterocycles. The predicted octanol–water partition coefficient (Wildman–Crippen LogP) is 1.66. The van der Waals surface area contributed by atoms with E-state index in [9.17, 15) is 13.2 Å². The molecule has 2 N–H and O–H groups in total. The molecule has 1 amide bonds. The first-order chi connectivity index (χ1) is 8.90. The highest BCUT2D eigenvalue weighted by Crippen LogP contribution is 2.28. The highest BCUT2D eigenvalue weighted by molar-refractivity contribution is 7.92. The van der Waals surface area contributed by atoms with Crippen molar-refractivity contribution in [3.05, 3.63) is 28.6 Å². The van der Waals surface area contributed by atoms with Crippen LogP contribution in [0.25, 0.3) is 9.88 Å². The summed E-state index contributed by atoms with van der Waals surface area (Å²) in [6.45, 7) is 1.30. The van der Waals surface area contributed by atoms with Gasteiger partial charge in [0.1, 0.15) is 10.3 Å². The Morgan fingerprint density at radius 2 is 2.21 bits per heavy atom. The van der Waals surface area contributed by atoms with Gasteiger partial charge in [0.15, 0.2) is 9.84 Å². The Bertz CT molecular complexity index is 674. The summed E-state index contributed by atoms with van der Waals surface area (Å²) in [5.41, 5.74) is 5.47. The number of thiophene rings is 1. The number of carbonyl (C=O) groups excluding carboxylic acids is 1. The van der Waals surface area contributed by atoms with Gasteiger partial charge in [0.05, 0.1) is 16.3 Å². The summed E-state index contributed by atoms with van der Waals surface area (Å²) >= 11 is 2.93. The highest BCUT2D eigenvalue weighted by Gasteiger charge is 2.27. The second-order valence-corrected chi connectivity index (χ2v) is 8.10. The maximum Gasteiger partial charge on any atom is 0.235 e. The van der Waals surface area contributed by atoms with Crippen LogP contribution in [0, 0.1) is 0 Å². The molecule has 0 spiro atoms. The van der Waals surface area contributed by atoms with Gasteiger partial charge in [-0.15, -0.1) is 22.7 Å². The lowest BCUT2D eigenvalue weighted by Crippen LogP contribution is -2.34. The van der Waals surface area contributed by atoms with Crippen LogP contribution < -0.4 is 5.73 Å². The fourth-order valence-electron chi connectivity index (χ4n) is 1.39. The van der Waals surface area contributed by atoms with Gasteiger partial charge in [-0.25, -0.2) is 13.4 Å². The maximum atomic E-state index is 11.9. The average Bonchev–Trinajstić information content (AvgIpc) is 2.96. The standard InChI is InChI=1S/C11H12N2O3S3/c1-7(10(12)14)19(15,16)6-8-5-18-11(13-8)9-3-2-4-17-9/h2-5,7H,6H2,1H3,(H2,12,14). The summed E-state index contributed by atoms with van der Waals surface area (Å²) in [7, 11) is -3.60. The number of carbonyl (C=O) groups is 1. The molecule has 0 aliphatic heterocycles. The second kappa shape index (κ2) is 5.40. The Labute approximate surface area is 119 Å². The molecule has 5 nitrogen and oxygen atoms in total. The topological polar surface area (TPSA) is 90.1 Å². The largest absolute Gasteiger partial charge is 0.369 e. The highest BCUT2D eigenvalue weighted by atomic mass is 32.2. The Hall–Kier alpha value is -1.25. The van der Waals surface area contributed by atoms with Crippen molar-refractivity contribution >= 4 is 38.4 Å².